The largest absolute Gasteiger partial charge is 0.408 e. The molecule has 1 aliphatic rings. The topological polar surface area (TPSA) is 77.4 Å². The molecule has 1 aromatic carbocycles. The van der Waals surface area contributed by atoms with Crippen LogP contribution in [0.15, 0.2) is 30.3 Å². The zero-order valence-corrected chi connectivity index (χ0v) is 20.7. The van der Waals surface area contributed by atoms with Crippen molar-refractivity contribution in [2.45, 2.75) is 103 Å². The Morgan fingerprint density at radius 2 is 1.77 bits per heavy atom. The third kappa shape index (κ3) is 6.60. The van der Waals surface area contributed by atoms with E-state index in [1.165, 1.54) is 0 Å². The lowest BCUT2D eigenvalue weighted by Crippen LogP contribution is -2.57. The summed E-state index contributed by atoms with van der Waals surface area (Å²) in [5.74, 6) is -0.770. The van der Waals surface area contributed by atoms with Gasteiger partial charge >= 0.3 is 0 Å². The molecule has 0 aromatic heterocycles. The fourth-order valence-electron chi connectivity index (χ4n) is 3.12. The molecular weight excluding hydrogens is 400 g/mol. The highest BCUT2D eigenvalue weighted by Gasteiger charge is 2.48. The van der Waals surface area contributed by atoms with Gasteiger partial charge in [-0.05, 0) is 44.5 Å². The van der Waals surface area contributed by atoms with Crippen molar-refractivity contribution in [3.05, 3.63) is 35.9 Å². The number of hydrogen-bond acceptors (Lipinski definition) is 6. The van der Waals surface area contributed by atoms with E-state index in [0.717, 1.165) is 5.56 Å². The van der Waals surface area contributed by atoms with Gasteiger partial charge in [-0.2, -0.15) is 0 Å². The van der Waals surface area contributed by atoms with E-state index >= 15 is 0 Å². The Morgan fingerprint density at radius 1 is 1.17 bits per heavy atom. The lowest BCUT2D eigenvalue weighted by Gasteiger charge is -2.43. The summed E-state index contributed by atoms with van der Waals surface area (Å²) in [6.45, 7) is 16.6. The van der Waals surface area contributed by atoms with Crippen LogP contribution in [-0.2, 0) is 25.2 Å². The van der Waals surface area contributed by atoms with Crippen LogP contribution >= 0.6 is 0 Å². The lowest BCUT2D eigenvalue weighted by molar-refractivity contribution is -0.175. The van der Waals surface area contributed by atoms with Crippen molar-refractivity contribution in [1.82, 2.24) is 0 Å². The molecule has 0 bridgehead atoms. The van der Waals surface area contributed by atoms with Crippen LogP contribution < -0.4 is 0 Å². The second-order valence-electron chi connectivity index (χ2n) is 10.2. The molecule has 1 saturated heterocycles. The second kappa shape index (κ2) is 9.77. The normalized spacial score (nSPS) is 23.7. The Morgan fingerprint density at radius 3 is 2.27 bits per heavy atom. The zero-order chi connectivity index (χ0) is 22.7. The van der Waals surface area contributed by atoms with E-state index < -0.39 is 44.6 Å². The van der Waals surface area contributed by atoms with Crippen LogP contribution in [0.3, 0.4) is 0 Å². The standard InChI is InChI=1S/C23H40O6Si/c1-16(26-14-17-12-10-9-11-13-17)19(24)21(29-30(7,8)22(2,3)4)20(25)18-15-27-23(5,6)28-18/h9-13,16,18-21,24-25H,14-15H2,1-8H3/t16-,18-,19-,20+,21+/m0/s1. The summed E-state index contributed by atoms with van der Waals surface area (Å²) in [6, 6.07) is 9.80. The van der Waals surface area contributed by atoms with Crippen LogP contribution in [0.2, 0.25) is 18.1 Å². The molecule has 172 valence electrons. The predicted molar refractivity (Wildman–Crippen MR) is 120 cm³/mol. The molecule has 1 heterocycles. The monoisotopic (exact) mass is 440 g/mol. The van der Waals surface area contributed by atoms with Crippen LogP contribution in [-0.4, -0.2) is 61.4 Å². The van der Waals surface area contributed by atoms with Gasteiger partial charge in [-0.25, -0.2) is 0 Å². The van der Waals surface area contributed by atoms with Gasteiger partial charge in [0.15, 0.2) is 14.1 Å². The summed E-state index contributed by atoms with van der Waals surface area (Å²) in [4.78, 5) is 0. The van der Waals surface area contributed by atoms with Gasteiger partial charge in [-0.15, -0.1) is 0 Å². The van der Waals surface area contributed by atoms with Crippen molar-refractivity contribution in [2.24, 2.45) is 0 Å². The fourth-order valence-corrected chi connectivity index (χ4v) is 4.43. The molecule has 7 heteroatoms. The van der Waals surface area contributed by atoms with Crippen LogP contribution in [0.5, 0.6) is 0 Å². The molecule has 1 fully saturated rings. The Labute approximate surface area is 182 Å². The summed E-state index contributed by atoms with van der Waals surface area (Å²) >= 11 is 0. The van der Waals surface area contributed by atoms with Gasteiger partial charge in [0.2, 0.25) is 0 Å². The highest BCUT2D eigenvalue weighted by Crippen LogP contribution is 2.39. The maximum Gasteiger partial charge on any atom is 0.192 e. The van der Waals surface area contributed by atoms with E-state index in [4.69, 9.17) is 18.6 Å². The number of rotatable bonds is 9. The molecule has 0 saturated carbocycles. The minimum Gasteiger partial charge on any atom is -0.408 e. The van der Waals surface area contributed by atoms with Crippen molar-refractivity contribution >= 4 is 8.32 Å². The lowest BCUT2D eigenvalue weighted by atomic mass is 10.00. The third-order valence-corrected chi connectivity index (χ3v) is 10.6. The van der Waals surface area contributed by atoms with Crippen LogP contribution in [0, 0.1) is 0 Å². The molecular formula is C23H40O6Si. The van der Waals surface area contributed by atoms with Crippen molar-refractivity contribution in [1.29, 1.82) is 0 Å². The molecule has 0 aliphatic carbocycles. The molecule has 30 heavy (non-hydrogen) atoms. The highest BCUT2D eigenvalue weighted by molar-refractivity contribution is 6.74. The first-order chi connectivity index (χ1) is 13.7. The minimum absolute atomic E-state index is 0.0782. The SMILES string of the molecule is C[C@H](OCc1ccccc1)[C@H](O)[C@@H](O[Si](C)(C)C(C)(C)C)[C@H](O)[C@@H]1COC(C)(C)O1. The van der Waals surface area contributed by atoms with Crippen molar-refractivity contribution in [2.75, 3.05) is 6.61 Å². The molecule has 6 nitrogen and oxygen atoms in total. The molecule has 5 atom stereocenters. The number of aliphatic hydroxyl groups excluding tert-OH is 2. The summed E-state index contributed by atoms with van der Waals surface area (Å²) < 4.78 is 23.9. The van der Waals surface area contributed by atoms with E-state index in [2.05, 4.69) is 33.9 Å². The van der Waals surface area contributed by atoms with Crippen molar-refractivity contribution < 1.29 is 28.8 Å². The second-order valence-corrected chi connectivity index (χ2v) is 14.9. The predicted octanol–water partition coefficient (Wildman–Crippen LogP) is 3.86. The molecule has 2 rings (SSSR count). The number of hydrogen-bond donors (Lipinski definition) is 2. The molecule has 1 aliphatic heterocycles. The zero-order valence-electron chi connectivity index (χ0n) is 19.7. The molecule has 0 spiro atoms. The minimum atomic E-state index is -2.28. The summed E-state index contributed by atoms with van der Waals surface area (Å²) in [5, 5.41) is 22.2. The first-order valence-electron chi connectivity index (χ1n) is 10.7. The Balaban J connectivity index is 2.16. The maximum absolute atomic E-state index is 11.2. The first-order valence-corrected chi connectivity index (χ1v) is 13.7. The quantitative estimate of drug-likeness (QED) is 0.568. The summed E-state index contributed by atoms with van der Waals surface area (Å²) in [7, 11) is -2.28. The van der Waals surface area contributed by atoms with Gasteiger partial charge in [-0.3, -0.25) is 0 Å². The number of aliphatic hydroxyl groups is 2. The van der Waals surface area contributed by atoms with Gasteiger partial charge in [0.1, 0.15) is 24.4 Å². The third-order valence-electron chi connectivity index (χ3n) is 6.16. The van der Waals surface area contributed by atoms with Crippen LogP contribution in [0.1, 0.15) is 47.1 Å². The fraction of sp³-hybridized carbons (Fsp3) is 0.739. The van der Waals surface area contributed by atoms with Gasteiger partial charge in [0, 0.05) is 0 Å². The average molecular weight is 441 g/mol. The first kappa shape index (κ1) is 25.5. The van der Waals surface area contributed by atoms with Gasteiger partial charge < -0.3 is 28.8 Å². The molecule has 1 aromatic rings. The van der Waals surface area contributed by atoms with Gasteiger partial charge in [0.25, 0.3) is 0 Å². The Kier molecular flexibility index (Phi) is 8.29. The molecule has 0 unspecified atom stereocenters. The van der Waals surface area contributed by atoms with E-state index in [9.17, 15) is 10.2 Å². The van der Waals surface area contributed by atoms with E-state index in [1.54, 1.807) is 6.92 Å². The van der Waals surface area contributed by atoms with Crippen molar-refractivity contribution in [3.8, 4) is 0 Å². The summed E-state index contributed by atoms with van der Waals surface area (Å²) in [6.07, 6.45) is -4.03. The van der Waals surface area contributed by atoms with E-state index in [1.807, 2.05) is 44.2 Å². The number of ether oxygens (including phenoxy) is 3. The summed E-state index contributed by atoms with van der Waals surface area (Å²) in [5.41, 5.74) is 1.02. The molecule has 0 amide bonds. The molecule has 0 radical (unpaired) electrons. The molecule has 2 N–H and O–H groups in total. The van der Waals surface area contributed by atoms with E-state index in [0.29, 0.717) is 6.61 Å². The maximum atomic E-state index is 11.2. The Hall–Kier alpha value is -0.803. The van der Waals surface area contributed by atoms with E-state index in [-0.39, 0.29) is 11.6 Å². The highest BCUT2D eigenvalue weighted by atomic mass is 28.4. The average Bonchev–Trinajstić information content (AvgIpc) is 3.02. The van der Waals surface area contributed by atoms with Crippen LogP contribution in [0.25, 0.3) is 0 Å². The Bertz CT molecular complexity index is 657. The van der Waals surface area contributed by atoms with Crippen molar-refractivity contribution in [3.63, 3.8) is 0 Å². The number of benzene rings is 1. The smallest absolute Gasteiger partial charge is 0.192 e. The van der Waals surface area contributed by atoms with Crippen LogP contribution in [0.4, 0.5) is 0 Å². The van der Waals surface area contributed by atoms with Gasteiger partial charge in [0.05, 0.1) is 19.3 Å². The van der Waals surface area contributed by atoms with Gasteiger partial charge in [-0.1, -0.05) is 51.1 Å².